The average molecular weight is 281 g/mol. The lowest BCUT2D eigenvalue weighted by Crippen LogP contribution is -2.36. The van der Waals surface area contributed by atoms with Crippen LogP contribution < -0.4 is 5.73 Å². The van der Waals surface area contributed by atoms with Crippen LogP contribution in [0.3, 0.4) is 0 Å². The minimum atomic E-state index is -0.128. The van der Waals surface area contributed by atoms with Crippen LogP contribution in [-0.2, 0) is 4.74 Å². The Hall–Kier alpha value is -1.53. The molecule has 6 heteroatoms. The van der Waals surface area contributed by atoms with Crippen LogP contribution in [0, 0.1) is 6.92 Å². The summed E-state index contributed by atoms with van der Waals surface area (Å²) in [5.74, 6) is -0.128. The molecule has 0 fully saturated rings. The summed E-state index contributed by atoms with van der Waals surface area (Å²) in [6, 6.07) is 5.37. The van der Waals surface area contributed by atoms with Crippen LogP contribution in [0.5, 0.6) is 0 Å². The van der Waals surface area contributed by atoms with E-state index < -0.39 is 0 Å². The van der Waals surface area contributed by atoms with E-state index in [4.69, 9.17) is 22.7 Å². The van der Waals surface area contributed by atoms with E-state index in [0.717, 1.165) is 5.69 Å². The van der Waals surface area contributed by atoms with Gasteiger partial charge in [-0.2, -0.15) is 0 Å². The van der Waals surface area contributed by atoms with E-state index in [2.05, 4.69) is 4.98 Å². The summed E-state index contributed by atoms with van der Waals surface area (Å²) >= 11 is 4.84. The van der Waals surface area contributed by atoms with Crippen molar-refractivity contribution in [2.75, 3.05) is 26.8 Å². The van der Waals surface area contributed by atoms with Crippen molar-refractivity contribution in [2.24, 2.45) is 5.73 Å². The molecular weight excluding hydrogens is 262 g/mol. The van der Waals surface area contributed by atoms with Gasteiger partial charge >= 0.3 is 0 Å². The molecule has 104 valence electrons. The molecule has 0 aliphatic heterocycles. The van der Waals surface area contributed by atoms with Crippen molar-refractivity contribution in [1.29, 1.82) is 0 Å². The van der Waals surface area contributed by atoms with E-state index in [1.807, 2.05) is 19.1 Å². The van der Waals surface area contributed by atoms with E-state index in [9.17, 15) is 4.79 Å². The summed E-state index contributed by atoms with van der Waals surface area (Å²) in [6.45, 7) is 3.29. The fourth-order valence-electron chi connectivity index (χ4n) is 1.59. The first-order chi connectivity index (χ1) is 9.04. The molecule has 0 radical (unpaired) electrons. The van der Waals surface area contributed by atoms with Crippen LogP contribution in [0.1, 0.15) is 22.6 Å². The van der Waals surface area contributed by atoms with Crippen molar-refractivity contribution in [3.05, 3.63) is 29.6 Å². The first kappa shape index (κ1) is 15.5. The highest BCUT2D eigenvalue weighted by atomic mass is 32.1. The number of nitrogens with zero attached hydrogens (tertiary/aromatic N) is 2. The van der Waals surface area contributed by atoms with Gasteiger partial charge in [-0.3, -0.25) is 4.79 Å². The Morgan fingerprint density at radius 3 is 2.79 bits per heavy atom. The number of methoxy groups -OCH3 is 1. The van der Waals surface area contributed by atoms with E-state index in [1.54, 1.807) is 18.1 Å². The van der Waals surface area contributed by atoms with Gasteiger partial charge in [-0.05, 0) is 19.1 Å². The number of rotatable bonds is 7. The summed E-state index contributed by atoms with van der Waals surface area (Å²) in [5.41, 5.74) is 6.72. The Kier molecular flexibility index (Phi) is 6.38. The number of hydrogen-bond donors (Lipinski definition) is 1. The number of hydrogen-bond acceptors (Lipinski definition) is 4. The second-order valence-corrected chi connectivity index (χ2v) is 4.69. The van der Waals surface area contributed by atoms with Crippen LogP contribution in [0.15, 0.2) is 18.2 Å². The van der Waals surface area contributed by atoms with Gasteiger partial charge in [0.15, 0.2) is 0 Å². The van der Waals surface area contributed by atoms with Gasteiger partial charge in [-0.25, -0.2) is 4.98 Å². The van der Waals surface area contributed by atoms with E-state index in [1.165, 1.54) is 0 Å². The molecule has 0 spiro atoms. The number of thiocarbonyl (C=S) groups is 1. The topological polar surface area (TPSA) is 68.5 Å². The third-order valence-corrected chi connectivity index (χ3v) is 2.79. The van der Waals surface area contributed by atoms with Gasteiger partial charge in [-0.1, -0.05) is 18.3 Å². The second-order valence-electron chi connectivity index (χ2n) is 4.17. The number of nitrogens with two attached hydrogens (primary N) is 1. The average Bonchev–Trinajstić information content (AvgIpc) is 2.38. The maximum atomic E-state index is 12.3. The summed E-state index contributed by atoms with van der Waals surface area (Å²) in [5, 5.41) is 0. The summed E-state index contributed by atoms with van der Waals surface area (Å²) in [7, 11) is 1.60. The van der Waals surface area contributed by atoms with Crippen LogP contribution >= 0.6 is 12.2 Å². The Morgan fingerprint density at radius 1 is 1.47 bits per heavy atom. The minimum Gasteiger partial charge on any atom is -0.393 e. The van der Waals surface area contributed by atoms with Gasteiger partial charge in [0, 0.05) is 32.3 Å². The molecule has 1 aromatic heterocycles. The standard InChI is InChI=1S/C13H19N3O2S/c1-10-4-3-5-11(15-10)13(17)16(8-9-18-2)7-6-12(14)19/h3-5H,6-9H2,1-2H3,(H2,14,19). The lowest BCUT2D eigenvalue weighted by Gasteiger charge is -2.21. The quantitative estimate of drug-likeness (QED) is 0.759. The normalized spacial score (nSPS) is 10.2. The van der Waals surface area contributed by atoms with Gasteiger partial charge in [0.2, 0.25) is 0 Å². The van der Waals surface area contributed by atoms with E-state index >= 15 is 0 Å². The SMILES string of the molecule is COCCN(CCC(N)=S)C(=O)c1cccc(C)n1. The molecule has 0 bridgehead atoms. The van der Waals surface area contributed by atoms with E-state index in [-0.39, 0.29) is 5.91 Å². The number of aromatic nitrogens is 1. The number of pyridine rings is 1. The smallest absolute Gasteiger partial charge is 0.272 e. The van der Waals surface area contributed by atoms with Crippen LogP contribution in [0.4, 0.5) is 0 Å². The maximum Gasteiger partial charge on any atom is 0.272 e. The highest BCUT2D eigenvalue weighted by Gasteiger charge is 2.16. The molecular formula is C13H19N3O2S. The fraction of sp³-hybridized carbons (Fsp3) is 0.462. The molecule has 0 atom stereocenters. The summed E-state index contributed by atoms with van der Waals surface area (Å²) < 4.78 is 5.01. The van der Waals surface area contributed by atoms with Gasteiger partial charge in [0.25, 0.3) is 5.91 Å². The highest BCUT2D eigenvalue weighted by Crippen LogP contribution is 2.05. The number of carbonyl (C=O) groups excluding carboxylic acids is 1. The predicted molar refractivity (Wildman–Crippen MR) is 78.2 cm³/mol. The summed E-state index contributed by atoms with van der Waals surface area (Å²) in [6.07, 6.45) is 0.497. The largest absolute Gasteiger partial charge is 0.393 e. The molecule has 1 rings (SSSR count). The Labute approximate surface area is 118 Å². The molecule has 0 saturated heterocycles. The molecule has 1 heterocycles. The Bertz CT molecular complexity index is 451. The molecule has 1 aromatic rings. The minimum absolute atomic E-state index is 0.128. The molecule has 0 unspecified atom stereocenters. The molecule has 0 aromatic carbocycles. The Morgan fingerprint density at radius 2 is 2.21 bits per heavy atom. The van der Waals surface area contributed by atoms with Gasteiger partial charge in [-0.15, -0.1) is 0 Å². The zero-order valence-electron chi connectivity index (χ0n) is 11.3. The maximum absolute atomic E-state index is 12.3. The number of amides is 1. The van der Waals surface area contributed by atoms with Crippen LogP contribution in [-0.4, -0.2) is 47.6 Å². The zero-order valence-corrected chi connectivity index (χ0v) is 12.1. The molecule has 2 N–H and O–H groups in total. The van der Waals surface area contributed by atoms with Crippen LogP contribution in [0.25, 0.3) is 0 Å². The van der Waals surface area contributed by atoms with Gasteiger partial charge in [0.05, 0.1) is 11.6 Å². The predicted octanol–water partition coefficient (Wildman–Crippen LogP) is 1.15. The molecule has 0 saturated carbocycles. The highest BCUT2D eigenvalue weighted by molar-refractivity contribution is 7.80. The molecule has 1 amide bonds. The first-order valence-electron chi connectivity index (χ1n) is 6.04. The van der Waals surface area contributed by atoms with Crippen molar-refractivity contribution in [3.63, 3.8) is 0 Å². The van der Waals surface area contributed by atoms with Crippen molar-refractivity contribution in [3.8, 4) is 0 Å². The fourth-order valence-corrected chi connectivity index (χ4v) is 1.68. The summed E-state index contributed by atoms with van der Waals surface area (Å²) in [4.78, 5) is 18.6. The third-order valence-electron chi connectivity index (χ3n) is 2.59. The number of ether oxygens (including phenoxy) is 1. The lowest BCUT2D eigenvalue weighted by molar-refractivity contribution is 0.0695. The number of aryl methyl sites for hydroxylation is 1. The lowest BCUT2D eigenvalue weighted by atomic mass is 10.2. The zero-order chi connectivity index (χ0) is 14.3. The first-order valence-corrected chi connectivity index (χ1v) is 6.45. The molecule has 5 nitrogen and oxygen atoms in total. The van der Waals surface area contributed by atoms with Crippen molar-refractivity contribution >= 4 is 23.1 Å². The monoisotopic (exact) mass is 281 g/mol. The number of carbonyl (C=O) groups is 1. The Balaban J connectivity index is 2.77. The molecule has 19 heavy (non-hydrogen) atoms. The second kappa shape index (κ2) is 7.81. The molecule has 0 aliphatic rings. The third kappa shape index (κ3) is 5.32. The van der Waals surface area contributed by atoms with Crippen LogP contribution in [0.2, 0.25) is 0 Å². The van der Waals surface area contributed by atoms with Gasteiger partial charge in [0.1, 0.15) is 5.69 Å². The van der Waals surface area contributed by atoms with Crippen molar-refractivity contribution < 1.29 is 9.53 Å². The van der Waals surface area contributed by atoms with Gasteiger partial charge < -0.3 is 15.4 Å². The van der Waals surface area contributed by atoms with Crippen molar-refractivity contribution in [2.45, 2.75) is 13.3 Å². The van der Waals surface area contributed by atoms with E-state index in [0.29, 0.717) is 36.8 Å². The van der Waals surface area contributed by atoms with Crippen molar-refractivity contribution in [1.82, 2.24) is 9.88 Å². The molecule has 0 aliphatic carbocycles.